The van der Waals surface area contributed by atoms with Crippen molar-refractivity contribution in [1.29, 1.82) is 0 Å². The van der Waals surface area contributed by atoms with Crippen LogP contribution < -0.4 is 19.7 Å². The maximum absolute atomic E-state index is 12.9. The van der Waals surface area contributed by atoms with Gasteiger partial charge in [-0.2, -0.15) is 0 Å². The number of hydrogen-bond acceptors (Lipinski definition) is 6. The fourth-order valence-electron chi connectivity index (χ4n) is 3.09. The molecule has 2 aromatic carbocycles. The Kier molecular flexibility index (Phi) is 5.12. The van der Waals surface area contributed by atoms with Gasteiger partial charge in [-0.3, -0.25) is 4.79 Å². The van der Waals surface area contributed by atoms with Gasteiger partial charge in [-0.25, -0.2) is 4.98 Å². The number of ether oxygens (including phenoxy) is 2. The van der Waals surface area contributed by atoms with Crippen molar-refractivity contribution < 1.29 is 18.7 Å². The van der Waals surface area contributed by atoms with E-state index in [0.29, 0.717) is 47.8 Å². The summed E-state index contributed by atoms with van der Waals surface area (Å²) in [6, 6.07) is 13.5. The summed E-state index contributed by atoms with van der Waals surface area (Å²) in [6.07, 6.45) is 1.27. The molecule has 3 aromatic rings. The van der Waals surface area contributed by atoms with Crippen LogP contribution in [0.25, 0.3) is 11.3 Å². The molecule has 29 heavy (non-hydrogen) atoms. The molecule has 1 aliphatic heterocycles. The topological polar surface area (TPSA) is 76.8 Å². The van der Waals surface area contributed by atoms with Crippen molar-refractivity contribution in [1.82, 2.24) is 4.98 Å². The summed E-state index contributed by atoms with van der Waals surface area (Å²) in [5.41, 5.74) is 2.62. The number of carbonyl (C=O) groups excluding carboxylic acids is 1. The number of nitrogens with zero attached hydrogens (tertiary/aromatic N) is 2. The quantitative estimate of drug-likeness (QED) is 0.700. The number of fused-ring (bicyclic) bond motifs is 1. The van der Waals surface area contributed by atoms with E-state index in [9.17, 15) is 4.79 Å². The Bertz CT molecular complexity index is 1030. The minimum Gasteiger partial charge on any atom is -0.486 e. The minimum absolute atomic E-state index is 0.212. The van der Waals surface area contributed by atoms with Gasteiger partial charge in [-0.15, -0.1) is 0 Å². The highest BCUT2D eigenvalue weighted by molar-refractivity contribution is 6.06. The fraction of sp³-hybridized carbons (Fsp3) is 0.273. The van der Waals surface area contributed by atoms with Crippen molar-refractivity contribution in [3.05, 3.63) is 54.6 Å². The largest absolute Gasteiger partial charge is 0.486 e. The van der Waals surface area contributed by atoms with Crippen molar-refractivity contribution >= 4 is 17.3 Å². The summed E-state index contributed by atoms with van der Waals surface area (Å²) in [5, 5.41) is 2.91. The lowest BCUT2D eigenvalue weighted by molar-refractivity contribution is 0.102. The molecule has 0 fully saturated rings. The first-order chi connectivity index (χ1) is 14.0. The maximum Gasteiger partial charge on any atom is 0.278 e. The second kappa shape index (κ2) is 7.87. The molecule has 1 amide bonds. The molecule has 0 saturated carbocycles. The first-order valence-electron chi connectivity index (χ1n) is 9.50. The third-order valence-electron chi connectivity index (χ3n) is 4.87. The number of nitrogens with one attached hydrogen (secondary N) is 1. The van der Waals surface area contributed by atoms with Crippen LogP contribution in [0, 0.1) is 0 Å². The molecule has 1 aliphatic rings. The number of amides is 1. The van der Waals surface area contributed by atoms with E-state index in [1.165, 1.54) is 6.39 Å². The molecule has 0 bridgehead atoms. The molecule has 1 aromatic heterocycles. The van der Waals surface area contributed by atoms with E-state index < -0.39 is 0 Å². The van der Waals surface area contributed by atoms with Crippen LogP contribution in [0.4, 0.5) is 11.4 Å². The Labute approximate surface area is 169 Å². The molecular formula is C22H23N3O4. The highest BCUT2D eigenvalue weighted by Gasteiger charge is 2.21. The van der Waals surface area contributed by atoms with Crippen LogP contribution in [0.1, 0.15) is 24.3 Å². The van der Waals surface area contributed by atoms with E-state index >= 15 is 0 Å². The van der Waals surface area contributed by atoms with Gasteiger partial charge in [0.05, 0.1) is 0 Å². The fourth-order valence-corrected chi connectivity index (χ4v) is 3.09. The van der Waals surface area contributed by atoms with Gasteiger partial charge in [0.2, 0.25) is 0 Å². The van der Waals surface area contributed by atoms with Crippen molar-refractivity contribution in [2.75, 3.05) is 30.5 Å². The summed E-state index contributed by atoms with van der Waals surface area (Å²) in [7, 11) is 2.02. The number of rotatable bonds is 5. The number of hydrogen-bond donors (Lipinski definition) is 1. The van der Waals surface area contributed by atoms with E-state index in [1.54, 1.807) is 12.1 Å². The monoisotopic (exact) mass is 393 g/mol. The lowest BCUT2D eigenvalue weighted by atomic mass is 10.1. The number of benzene rings is 2. The molecule has 0 radical (unpaired) electrons. The molecule has 0 aliphatic carbocycles. The average Bonchev–Trinajstić information content (AvgIpc) is 3.23. The van der Waals surface area contributed by atoms with Crippen molar-refractivity contribution in [3.8, 4) is 22.8 Å². The second-order valence-corrected chi connectivity index (χ2v) is 7.10. The third kappa shape index (κ3) is 3.89. The van der Waals surface area contributed by atoms with Crippen molar-refractivity contribution in [3.63, 3.8) is 0 Å². The van der Waals surface area contributed by atoms with Gasteiger partial charge in [0, 0.05) is 30.0 Å². The Morgan fingerprint density at radius 2 is 1.90 bits per heavy atom. The van der Waals surface area contributed by atoms with Gasteiger partial charge >= 0.3 is 0 Å². The van der Waals surface area contributed by atoms with Crippen LogP contribution in [-0.4, -0.2) is 37.2 Å². The zero-order valence-electron chi connectivity index (χ0n) is 16.6. The summed E-state index contributed by atoms with van der Waals surface area (Å²) in [5.74, 6) is 1.35. The normalized spacial score (nSPS) is 12.7. The van der Waals surface area contributed by atoms with E-state index in [1.807, 2.05) is 37.4 Å². The summed E-state index contributed by atoms with van der Waals surface area (Å²) in [6.45, 7) is 5.23. The van der Waals surface area contributed by atoms with Crippen LogP contribution in [0.15, 0.2) is 53.3 Å². The second-order valence-electron chi connectivity index (χ2n) is 7.10. The van der Waals surface area contributed by atoms with Crippen molar-refractivity contribution in [2.24, 2.45) is 0 Å². The Hall–Kier alpha value is -3.48. The Balaban J connectivity index is 1.57. The van der Waals surface area contributed by atoms with Gasteiger partial charge in [0.1, 0.15) is 13.2 Å². The SMILES string of the molecule is CC(C)N(C)c1cccc(NC(=O)c2ncoc2-c2ccc3c(c2)OCCO3)c1. The molecule has 0 unspecified atom stereocenters. The van der Waals surface area contributed by atoms with Gasteiger partial charge in [0.25, 0.3) is 5.91 Å². The number of aromatic nitrogens is 1. The summed E-state index contributed by atoms with van der Waals surface area (Å²) in [4.78, 5) is 19.1. The molecule has 0 spiro atoms. The molecule has 1 N–H and O–H groups in total. The standard InChI is InChI=1S/C22H23N3O4/c1-14(2)25(3)17-6-4-5-16(12-17)24-22(26)20-21(29-13-23-20)15-7-8-18-19(11-15)28-10-9-27-18/h4-8,11-14H,9-10H2,1-3H3,(H,24,26). The van der Waals surface area contributed by atoms with E-state index in [2.05, 4.69) is 29.0 Å². The number of carbonyl (C=O) groups is 1. The molecule has 0 saturated heterocycles. The van der Waals surface area contributed by atoms with Gasteiger partial charge in [-0.05, 0) is 50.2 Å². The van der Waals surface area contributed by atoms with E-state index in [0.717, 1.165) is 5.69 Å². The van der Waals surface area contributed by atoms with Gasteiger partial charge < -0.3 is 24.1 Å². The number of anilines is 2. The zero-order chi connectivity index (χ0) is 20.4. The highest BCUT2D eigenvalue weighted by atomic mass is 16.6. The zero-order valence-corrected chi connectivity index (χ0v) is 16.6. The average molecular weight is 393 g/mol. The van der Waals surface area contributed by atoms with Crippen LogP contribution >= 0.6 is 0 Å². The molecule has 7 heteroatoms. The molecular weight excluding hydrogens is 370 g/mol. The Morgan fingerprint density at radius 1 is 1.10 bits per heavy atom. The predicted molar refractivity (Wildman–Crippen MR) is 111 cm³/mol. The lowest BCUT2D eigenvalue weighted by Gasteiger charge is -2.24. The maximum atomic E-state index is 12.9. The highest BCUT2D eigenvalue weighted by Crippen LogP contribution is 2.35. The Morgan fingerprint density at radius 3 is 2.69 bits per heavy atom. The predicted octanol–water partition coefficient (Wildman–Crippen LogP) is 4.21. The van der Waals surface area contributed by atoms with Crippen LogP contribution in [0.2, 0.25) is 0 Å². The first-order valence-corrected chi connectivity index (χ1v) is 9.50. The van der Waals surface area contributed by atoms with Crippen LogP contribution in [0.5, 0.6) is 11.5 Å². The number of oxazole rings is 1. The smallest absolute Gasteiger partial charge is 0.278 e. The first kappa shape index (κ1) is 18.9. The molecule has 2 heterocycles. The minimum atomic E-state index is -0.340. The summed E-state index contributed by atoms with van der Waals surface area (Å²) < 4.78 is 16.7. The van der Waals surface area contributed by atoms with Gasteiger partial charge in [0.15, 0.2) is 29.3 Å². The third-order valence-corrected chi connectivity index (χ3v) is 4.87. The molecule has 150 valence electrons. The molecule has 4 rings (SSSR count). The molecule has 0 atom stereocenters. The summed E-state index contributed by atoms with van der Waals surface area (Å²) >= 11 is 0. The van der Waals surface area contributed by atoms with E-state index in [4.69, 9.17) is 13.9 Å². The molecule has 7 nitrogen and oxygen atoms in total. The lowest BCUT2D eigenvalue weighted by Crippen LogP contribution is -2.25. The van der Waals surface area contributed by atoms with Crippen molar-refractivity contribution in [2.45, 2.75) is 19.9 Å². The van der Waals surface area contributed by atoms with Crippen LogP contribution in [-0.2, 0) is 0 Å². The van der Waals surface area contributed by atoms with Crippen LogP contribution in [0.3, 0.4) is 0 Å². The van der Waals surface area contributed by atoms with Gasteiger partial charge in [-0.1, -0.05) is 6.07 Å². The van der Waals surface area contributed by atoms with E-state index in [-0.39, 0.29) is 11.6 Å².